The molecular formula is C45H40N10O17S4. The number of benzene rings is 4. The number of urea groups is 1. The molecule has 4 aromatic carbocycles. The third kappa shape index (κ3) is 11.5. The Morgan fingerprint density at radius 1 is 0.368 bits per heavy atom. The number of rotatable bonds is 14. The van der Waals surface area contributed by atoms with Crippen molar-refractivity contribution >= 4 is 126 Å². The Morgan fingerprint density at radius 3 is 0.947 bits per heavy atom. The van der Waals surface area contributed by atoms with E-state index in [-0.39, 0.29) is 78.4 Å². The van der Waals surface area contributed by atoms with E-state index in [4.69, 9.17) is 0 Å². The van der Waals surface area contributed by atoms with Crippen molar-refractivity contribution in [3.8, 4) is 0 Å². The van der Waals surface area contributed by atoms with Crippen LogP contribution in [0.2, 0.25) is 0 Å². The number of carbonyl (C=O) groups is 5. The van der Waals surface area contributed by atoms with E-state index in [0.717, 1.165) is 48.5 Å². The predicted molar refractivity (Wildman–Crippen MR) is 273 cm³/mol. The third-order valence-electron chi connectivity index (χ3n) is 11.5. The van der Waals surface area contributed by atoms with Gasteiger partial charge in [-0.1, -0.05) is 12.1 Å². The fourth-order valence-electron chi connectivity index (χ4n) is 7.82. The number of carbonyl (C=O) groups excluding carboxylic acids is 5. The Balaban J connectivity index is 0.887. The zero-order valence-electron chi connectivity index (χ0n) is 39.4. The van der Waals surface area contributed by atoms with Crippen LogP contribution in [0.4, 0.5) is 39.4 Å². The second kappa shape index (κ2) is 19.5. The minimum atomic E-state index is -4.89. The number of aromatic nitrogens is 4. The smallest absolute Gasteiger partial charge is 0.325 e. The van der Waals surface area contributed by atoms with Gasteiger partial charge < -0.3 is 39.5 Å². The molecule has 0 radical (unpaired) electrons. The van der Waals surface area contributed by atoms with Crippen molar-refractivity contribution in [1.82, 2.24) is 18.3 Å². The number of anilines is 6. The van der Waals surface area contributed by atoms with Crippen LogP contribution >= 0.6 is 0 Å². The molecule has 0 fully saturated rings. The number of nitrogens with zero attached hydrogens (tertiary/aromatic N) is 4. The molecule has 76 heavy (non-hydrogen) atoms. The van der Waals surface area contributed by atoms with E-state index in [2.05, 4.69) is 31.9 Å². The number of hydrogen-bond acceptors (Lipinski definition) is 13. The summed E-state index contributed by atoms with van der Waals surface area (Å²) < 4.78 is 140. The molecule has 6 amide bonds. The molecule has 0 aliphatic heterocycles. The predicted octanol–water partition coefficient (Wildman–Crippen LogP) is 4.99. The van der Waals surface area contributed by atoms with Crippen molar-refractivity contribution in [3.63, 3.8) is 0 Å². The van der Waals surface area contributed by atoms with E-state index in [9.17, 15) is 75.9 Å². The van der Waals surface area contributed by atoms with Gasteiger partial charge in [-0.2, -0.15) is 33.7 Å². The van der Waals surface area contributed by atoms with Crippen LogP contribution in [0.3, 0.4) is 0 Å². The van der Waals surface area contributed by atoms with Crippen LogP contribution in [0.25, 0.3) is 21.5 Å². The standard InChI is InChI=1S/C45H40N10O17S4/c1-52-19-25(41(56)46-29-9-23-11-31(73(61,62)63)5-7-33(23)35(17-29)75(67,68)69)13-37(52)48-43(58)27-15-39(54(3)21-27)50-45(60)51-40-16-28(22-55(40)4)44(59)49-38-14-26(20-53(38)2)42(57)47-30-10-24-12-32(74(64,65)66)6-8-34(24)36(18-30)76(70,71)72/h5-22H,1-4H3,(H,46,56)(H,47,57)(H,48,58)(H,49,59)(H2,50,51,60)(H,61,62,63)(H,64,65,66)(H,67,68,69)(H,70,71,72). The molecule has 10 N–H and O–H groups in total. The first-order valence-corrected chi connectivity index (χ1v) is 27.1. The molecule has 31 heteroatoms. The SMILES string of the molecule is Cn1cc(C(=O)Nc2cc(C(=O)Nc3cc(S(=O)(=O)O)c4ccc(S(=O)(=O)O)cc4c3)cn2C)cc1NC(=O)Nc1cc(C(=O)Nc2cc(C(=O)Nc3cc(S(=O)(=O)O)c4ccc(S(=O)(=O)O)cc4c3)cn2C)cn1C. The quantitative estimate of drug-likeness (QED) is 0.0641. The summed E-state index contributed by atoms with van der Waals surface area (Å²) in [6.45, 7) is 0. The molecule has 4 aromatic heterocycles. The first-order valence-electron chi connectivity index (χ1n) is 21.4. The number of hydrogen-bond donors (Lipinski definition) is 10. The molecule has 0 spiro atoms. The van der Waals surface area contributed by atoms with Gasteiger partial charge in [-0.05, 0) is 83.6 Å². The first kappa shape index (κ1) is 53.6. The van der Waals surface area contributed by atoms with Crippen LogP contribution in [-0.4, -0.2) is 99.8 Å². The first-order chi connectivity index (χ1) is 35.3. The molecule has 27 nitrogen and oxygen atoms in total. The van der Waals surface area contributed by atoms with Gasteiger partial charge in [0.2, 0.25) is 0 Å². The molecule has 4 heterocycles. The maximum atomic E-state index is 13.4. The summed E-state index contributed by atoms with van der Waals surface area (Å²) in [5, 5.41) is 15.1. The maximum Gasteiger partial charge on any atom is 0.325 e. The van der Waals surface area contributed by atoms with Crippen LogP contribution in [0, 0.1) is 0 Å². The number of fused-ring (bicyclic) bond motifs is 2. The summed E-state index contributed by atoms with van der Waals surface area (Å²) in [6.07, 6.45) is 5.48. The highest BCUT2D eigenvalue weighted by Crippen LogP contribution is 2.32. The van der Waals surface area contributed by atoms with Crippen LogP contribution in [0.5, 0.6) is 0 Å². The largest absolute Gasteiger partial charge is 0.337 e. The lowest BCUT2D eigenvalue weighted by molar-refractivity contribution is 0.101. The lowest BCUT2D eigenvalue weighted by Gasteiger charge is -2.10. The van der Waals surface area contributed by atoms with Crippen molar-refractivity contribution < 1.29 is 75.9 Å². The van der Waals surface area contributed by atoms with Gasteiger partial charge in [0.15, 0.2) is 0 Å². The zero-order chi connectivity index (χ0) is 55.6. The minimum Gasteiger partial charge on any atom is -0.337 e. The summed E-state index contributed by atoms with van der Waals surface area (Å²) in [7, 11) is -13.1. The number of nitrogens with one attached hydrogen (secondary N) is 6. The number of amides is 6. The Hall–Kier alpha value is -8.69. The summed E-state index contributed by atoms with van der Waals surface area (Å²) in [6, 6.07) is 14.8. The van der Waals surface area contributed by atoms with Crippen molar-refractivity contribution in [2.24, 2.45) is 28.2 Å². The molecule has 0 aliphatic carbocycles. The zero-order valence-corrected chi connectivity index (χ0v) is 42.7. The molecule has 0 bridgehead atoms. The average Bonchev–Trinajstić information content (AvgIpc) is 4.09. The highest BCUT2D eigenvalue weighted by Gasteiger charge is 2.24. The van der Waals surface area contributed by atoms with E-state index in [1.807, 2.05) is 0 Å². The molecule has 8 aromatic rings. The third-order valence-corrected chi connectivity index (χ3v) is 15.0. The van der Waals surface area contributed by atoms with Crippen molar-refractivity contribution in [1.29, 1.82) is 0 Å². The van der Waals surface area contributed by atoms with Crippen LogP contribution in [0.15, 0.2) is 129 Å². The van der Waals surface area contributed by atoms with E-state index in [1.54, 1.807) is 0 Å². The summed E-state index contributed by atoms with van der Waals surface area (Å²) in [5.41, 5.74) is -0.240. The van der Waals surface area contributed by atoms with E-state index in [0.29, 0.717) is 0 Å². The topological polar surface area (TPSA) is 395 Å². The number of aryl methyl sites for hydroxylation is 4. The van der Waals surface area contributed by atoms with Gasteiger partial charge in [-0.25, -0.2) is 4.79 Å². The van der Waals surface area contributed by atoms with Gasteiger partial charge >= 0.3 is 6.03 Å². The monoisotopic (exact) mass is 1120 g/mol. The van der Waals surface area contributed by atoms with Crippen molar-refractivity contribution in [3.05, 3.63) is 132 Å². The van der Waals surface area contributed by atoms with Crippen molar-refractivity contribution in [2.75, 3.05) is 31.9 Å². The molecular weight excluding hydrogens is 1080 g/mol. The summed E-state index contributed by atoms with van der Waals surface area (Å²) in [4.78, 5) is 64.2. The highest BCUT2D eigenvalue weighted by molar-refractivity contribution is 7.86. The molecule has 396 valence electrons. The molecule has 0 saturated heterocycles. The molecule has 8 rings (SSSR count). The molecule has 0 atom stereocenters. The van der Waals surface area contributed by atoms with Gasteiger partial charge in [0.1, 0.15) is 33.1 Å². The van der Waals surface area contributed by atoms with E-state index < -0.39 is 89.7 Å². The Labute approximate surface area is 430 Å². The molecule has 0 aliphatic rings. The van der Waals surface area contributed by atoms with Gasteiger partial charge in [0.05, 0.1) is 32.0 Å². The lowest BCUT2D eigenvalue weighted by Crippen LogP contribution is -2.22. The average molecular weight is 1120 g/mol. The lowest BCUT2D eigenvalue weighted by atomic mass is 10.1. The van der Waals surface area contributed by atoms with Crippen LogP contribution in [-0.2, 0) is 68.7 Å². The van der Waals surface area contributed by atoms with Crippen LogP contribution in [0.1, 0.15) is 41.4 Å². The molecule has 0 unspecified atom stereocenters. The maximum absolute atomic E-state index is 13.4. The Bertz CT molecular complexity index is 4020. The van der Waals surface area contributed by atoms with Gasteiger partial charge in [-0.3, -0.25) is 48.0 Å². The summed E-state index contributed by atoms with van der Waals surface area (Å²) in [5.74, 6) is -2.37. The van der Waals surface area contributed by atoms with Gasteiger partial charge in [-0.15, -0.1) is 0 Å². The second-order valence-corrected chi connectivity index (χ2v) is 22.5. The fourth-order valence-corrected chi connectivity index (χ4v) is 10.3. The van der Waals surface area contributed by atoms with Crippen LogP contribution < -0.4 is 31.9 Å². The summed E-state index contributed by atoms with van der Waals surface area (Å²) >= 11 is 0. The van der Waals surface area contributed by atoms with E-state index >= 15 is 0 Å². The van der Waals surface area contributed by atoms with E-state index in [1.165, 1.54) is 108 Å². The fraction of sp³-hybridized carbons (Fsp3) is 0.0889. The van der Waals surface area contributed by atoms with Crippen molar-refractivity contribution in [2.45, 2.75) is 19.6 Å². The minimum absolute atomic E-state index is 0.0212. The highest BCUT2D eigenvalue weighted by atomic mass is 32.2. The normalized spacial score (nSPS) is 12.1. The van der Waals surface area contributed by atoms with Gasteiger partial charge in [0.25, 0.3) is 64.1 Å². The second-order valence-electron chi connectivity index (χ2n) is 16.9. The Morgan fingerprint density at radius 2 is 0.658 bits per heavy atom. The Kier molecular flexibility index (Phi) is 13.8. The molecule has 0 saturated carbocycles. The van der Waals surface area contributed by atoms with Gasteiger partial charge in [0, 0.05) is 75.1 Å².